The highest BCUT2D eigenvalue weighted by molar-refractivity contribution is 7.20. The number of aromatic hydroxyl groups is 2. The third-order valence-corrected chi connectivity index (χ3v) is 5.25. The number of rotatable bonds is 4. The molecule has 0 aliphatic carbocycles. The van der Waals surface area contributed by atoms with Gasteiger partial charge in [-0.15, -0.1) is 0 Å². The zero-order valence-corrected chi connectivity index (χ0v) is 15.8. The lowest BCUT2D eigenvalue weighted by molar-refractivity contribution is 0.0524. The van der Waals surface area contributed by atoms with Crippen LogP contribution in [0.4, 0.5) is 8.78 Å². The van der Waals surface area contributed by atoms with E-state index in [0.717, 1.165) is 15.9 Å². The first-order valence-corrected chi connectivity index (χ1v) is 9.38. The SMILES string of the molecule is CCOC(=O)c1c(O)c(O)n(-c2nc3ccc(F)cc3s2)c1-c1ccc(F)cc1. The van der Waals surface area contributed by atoms with Crippen LogP contribution in [0.15, 0.2) is 42.5 Å². The van der Waals surface area contributed by atoms with Crippen molar-refractivity contribution in [2.45, 2.75) is 6.92 Å². The first kappa shape index (κ1) is 18.9. The predicted molar refractivity (Wildman–Crippen MR) is 104 cm³/mol. The number of hydrogen-bond donors (Lipinski definition) is 2. The van der Waals surface area contributed by atoms with Gasteiger partial charge in [-0.25, -0.2) is 18.6 Å². The standard InChI is InChI=1S/C20H14F2N2O4S/c1-2-28-19(27)15-16(10-3-5-11(21)6-4-10)24(18(26)17(15)25)20-23-13-8-7-12(22)9-14(13)29-20/h3-9,25-26H,2H2,1H3. The highest BCUT2D eigenvalue weighted by Gasteiger charge is 2.31. The van der Waals surface area contributed by atoms with Crippen LogP contribution in [0, 0.1) is 11.6 Å². The van der Waals surface area contributed by atoms with E-state index in [1.807, 2.05) is 0 Å². The van der Waals surface area contributed by atoms with Gasteiger partial charge >= 0.3 is 5.97 Å². The van der Waals surface area contributed by atoms with Crippen molar-refractivity contribution in [3.05, 3.63) is 59.7 Å². The van der Waals surface area contributed by atoms with Crippen LogP contribution in [-0.4, -0.2) is 32.3 Å². The minimum Gasteiger partial charge on any atom is -0.502 e. The van der Waals surface area contributed by atoms with E-state index in [9.17, 15) is 23.8 Å². The van der Waals surface area contributed by atoms with E-state index in [-0.39, 0.29) is 23.0 Å². The monoisotopic (exact) mass is 416 g/mol. The first-order chi connectivity index (χ1) is 13.9. The number of thiazole rings is 1. The minimum atomic E-state index is -0.856. The quantitative estimate of drug-likeness (QED) is 0.474. The number of esters is 1. The van der Waals surface area contributed by atoms with E-state index in [1.54, 1.807) is 6.92 Å². The Hall–Kier alpha value is -3.46. The molecule has 0 unspecified atom stereocenters. The normalized spacial score (nSPS) is 11.1. The molecule has 2 aromatic heterocycles. The fourth-order valence-corrected chi connectivity index (χ4v) is 3.99. The molecule has 2 aromatic carbocycles. The molecule has 148 valence electrons. The number of fused-ring (bicyclic) bond motifs is 1. The average molecular weight is 416 g/mol. The van der Waals surface area contributed by atoms with Gasteiger partial charge in [-0.2, -0.15) is 0 Å². The third-order valence-electron chi connectivity index (χ3n) is 4.25. The van der Waals surface area contributed by atoms with Gasteiger partial charge in [0.25, 0.3) is 0 Å². The van der Waals surface area contributed by atoms with Crippen LogP contribution in [0.1, 0.15) is 17.3 Å². The Balaban J connectivity index is 2.02. The molecule has 9 heteroatoms. The maximum Gasteiger partial charge on any atom is 0.344 e. The predicted octanol–water partition coefficient (Wildman–Crippen LogP) is 4.62. The van der Waals surface area contributed by atoms with Crippen molar-refractivity contribution < 1.29 is 28.5 Å². The summed E-state index contributed by atoms with van der Waals surface area (Å²) in [6, 6.07) is 9.19. The highest BCUT2D eigenvalue weighted by Crippen LogP contribution is 2.44. The number of hydrogen-bond acceptors (Lipinski definition) is 6. The van der Waals surface area contributed by atoms with Gasteiger partial charge in [-0.05, 0) is 55.0 Å². The van der Waals surface area contributed by atoms with Crippen molar-refractivity contribution in [3.63, 3.8) is 0 Å². The summed E-state index contributed by atoms with van der Waals surface area (Å²) in [6.45, 7) is 1.65. The van der Waals surface area contributed by atoms with Crippen LogP contribution in [0.25, 0.3) is 26.6 Å². The van der Waals surface area contributed by atoms with Crippen LogP contribution in [0.2, 0.25) is 0 Å². The molecule has 0 saturated carbocycles. The number of ether oxygens (including phenoxy) is 1. The summed E-state index contributed by atoms with van der Waals surface area (Å²) in [5.74, 6) is -3.11. The lowest BCUT2D eigenvalue weighted by Gasteiger charge is -2.09. The molecule has 0 atom stereocenters. The van der Waals surface area contributed by atoms with Gasteiger partial charge in [0.05, 0.1) is 22.5 Å². The summed E-state index contributed by atoms with van der Waals surface area (Å²) in [4.78, 5) is 16.9. The summed E-state index contributed by atoms with van der Waals surface area (Å²) in [6.07, 6.45) is 0. The van der Waals surface area contributed by atoms with Gasteiger partial charge in [-0.1, -0.05) is 11.3 Å². The average Bonchev–Trinajstić information content (AvgIpc) is 3.21. The zero-order valence-electron chi connectivity index (χ0n) is 15.0. The third kappa shape index (κ3) is 3.19. The molecule has 0 spiro atoms. The fraction of sp³-hybridized carbons (Fsp3) is 0.100. The molecule has 0 fully saturated rings. The van der Waals surface area contributed by atoms with Gasteiger partial charge in [0.15, 0.2) is 10.9 Å². The molecule has 2 heterocycles. The molecule has 6 nitrogen and oxygen atoms in total. The van der Waals surface area contributed by atoms with E-state index < -0.39 is 29.2 Å². The van der Waals surface area contributed by atoms with Crippen LogP contribution < -0.4 is 0 Å². The molecular formula is C20H14F2N2O4S. The molecule has 0 aliphatic heterocycles. The molecular weight excluding hydrogens is 402 g/mol. The largest absolute Gasteiger partial charge is 0.502 e. The second-order valence-electron chi connectivity index (χ2n) is 6.07. The number of nitrogens with zero attached hydrogens (tertiary/aromatic N) is 2. The van der Waals surface area contributed by atoms with Gasteiger partial charge < -0.3 is 14.9 Å². The van der Waals surface area contributed by atoms with Crippen molar-refractivity contribution in [1.29, 1.82) is 0 Å². The molecule has 4 rings (SSSR count). The highest BCUT2D eigenvalue weighted by atomic mass is 32.1. The van der Waals surface area contributed by atoms with Crippen LogP contribution in [-0.2, 0) is 4.74 Å². The molecule has 2 N–H and O–H groups in total. The first-order valence-electron chi connectivity index (χ1n) is 8.56. The Labute approximate surface area is 167 Å². The zero-order chi connectivity index (χ0) is 20.7. The molecule has 0 radical (unpaired) electrons. The number of aromatic nitrogens is 2. The summed E-state index contributed by atoms with van der Waals surface area (Å²) in [5, 5.41) is 21.2. The maximum absolute atomic E-state index is 13.6. The van der Waals surface area contributed by atoms with E-state index in [4.69, 9.17) is 4.74 Å². The van der Waals surface area contributed by atoms with Gasteiger partial charge in [0.2, 0.25) is 5.88 Å². The summed E-state index contributed by atoms with van der Waals surface area (Å²) >= 11 is 1.05. The van der Waals surface area contributed by atoms with E-state index >= 15 is 0 Å². The van der Waals surface area contributed by atoms with Crippen LogP contribution in [0.3, 0.4) is 0 Å². The molecule has 0 saturated heterocycles. The molecule has 0 bridgehead atoms. The number of carbonyl (C=O) groups excluding carboxylic acids is 1. The van der Waals surface area contributed by atoms with Crippen molar-refractivity contribution in [1.82, 2.24) is 9.55 Å². The van der Waals surface area contributed by atoms with Gasteiger partial charge in [0.1, 0.15) is 17.2 Å². The Bertz CT molecular complexity index is 1230. The number of benzene rings is 2. The van der Waals surface area contributed by atoms with Crippen molar-refractivity contribution in [2.24, 2.45) is 0 Å². The molecule has 0 aliphatic rings. The second-order valence-corrected chi connectivity index (χ2v) is 7.08. The molecule has 29 heavy (non-hydrogen) atoms. The van der Waals surface area contributed by atoms with Crippen molar-refractivity contribution in [3.8, 4) is 28.0 Å². The number of carbonyl (C=O) groups is 1. The van der Waals surface area contributed by atoms with Gasteiger partial charge in [0, 0.05) is 0 Å². The van der Waals surface area contributed by atoms with E-state index in [0.29, 0.717) is 15.8 Å². The van der Waals surface area contributed by atoms with Crippen LogP contribution >= 0.6 is 11.3 Å². The van der Waals surface area contributed by atoms with E-state index in [2.05, 4.69) is 4.98 Å². The Morgan fingerprint density at radius 1 is 1.14 bits per heavy atom. The molecule has 4 aromatic rings. The molecule has 0 amide bonds. The van der Waals surface area contributed by atoms with Crippen LogP contribution in [0.5, 0.6) is 11.6 Å². The summed E-state index contributed by atoms with van der Waals surface area (Å²) < 4.78 is 33.7. The van der Waals surface area contributed by atoms with E-state index in [1.165, 1.54) is 42.5 Å². The Morgan fingerprint density at radius 2 is 1.83 bits per heavy atom. The lowest BCUT2D eigenvalue weighted by atomic mass is 10.1. The number of halogens is 2. The van der Waals surface area contributed by atoms with Crippen molar-refractivity contribution in [2.75, 3.05) is 6.61 Å². The second kappa shape index (κ2) is 7.17. The summed E-state index contributed by atoms with van der Waals surface area (Å²) in [5.41, 5.74) is 0.622. The Kier molecular flexibility index (Phi) is 4.67. The Morgan fingerprint density at radius 3 is 2.52 bits per heavy atom. The lowest BCUT2D eigenvalue weighted by Crippen LogP contribution is -2.07. The van der Waals surface area contributed by atoms with Gasteiger partial charge in [-0.3, -0.25) is 4.57 Å². The minimum absolute atomic E-state index is 0.0491. The van der Waals surface area contributed by atoms with Crippen molar-refractivity contribution >= 4 is 27.5 Å². The smallest absolute Gasteiger partial charge is 0.344 e. The summed E-state index contributed by atoms with van der Waals surface area (Å²) in [7, 11) is 0. The maximum atomic E-state index is 13.6. The topological polar surface area (TPSA) is 84.6 Å². The fourth-order valence-electron chi connectivity index (χ4n) is 2.99.